The molecular formula is C75H58N2O. The molecule has 1 aliphatic carbocycles. The summed E-state index contributed by atoms with van der Waals surface area (Å²) < 4.78 is 8.83. The fraction of sp³-hybridized carbons (Fsp3) is 0.0667. The third-order valence-electron chi connectivity index (χ3n) is 15.8. The van der Waals surface area contributed by atoms with Gasteiger partial charge in [0.25, 0.3) is 0 Å². The molecule has 1 heterocycles. The maximum absolute atomic E-state index is 6.47. The first-order chi connectivity index (χ1) is 38.2. The van der Waals surface area contributed by atoms with Crippen molar-refractivity contribution in [1.82, 2.24) is 4.57 Å². The average molecular weight is 1000 g/mol. The van der Waals surface area contributed by atoms with Gasteiger partial charge in [0.2, 0.25) is 0 Å². The van der Waals surface area contributed by atoms with Gasteiger partial charge in [-0.25, -0.2) is 0 Å². The van der Waals surface area contributed by atoms with E-state index in [1.54, 1.807) is 0 Å². The van der Waals surface area contributed by atoms with E-state index >= 15 is 0 Å². The molecule has 1 atom stereocenters. The van der Waals surface area contributed by atoms with Gasteiger partial charge in [-0.15, -0.1) is 0 Å². The molecule has 0 N–H and O–H groups in total. The van der Waals surface area contributed by atoms with E-state index in [1.165, 1.54) is 60.8 Å². The van der Waals surface area contributed by atoms with Gasteiger partial charge in [0.1, 0.15) is 11.5 Å². The van der Waals surface area contributed by atoms with Gasteiger partial charge in [-0.3, -0.25) is 0 Å². The van der Waals surface area contributed by atoms with Crippen molar-refractivity contribution in [2.75, 3.05) is 4.90 Å². The molecule has 0 radical (unpaired) electrons. The van der Waals surface area contributed by atoms with E-state index in [0.29, 0.717) is 0 Å². The number of benzene rings is 11. The number of para-hydroxylation sites is 1. The Bertz CT molecular complexity index is 4200. The van der Waals surface area contributed by atoms with Gasteiger partial charge < -0.3 is 14.2 Å². The van der Waals surface area contributed by atoms with Crippen LogP contribution < -0.4 is 9.64 Å². The Balaban J connectivity index is 0.963. The Morgan fingerprint density at radius 3 is 1.65 bits per heavy atom. The second-order valence-electron chi connectivity index (χ2n) is 21.4. The molecule has 374 valence electrons. The summed E-state index contributed by atoms with van der Waals surface area (Å²) in [7, 11) is 0. The van der Waals surface area contributed by atoms with Crippen LogP contribution in [0, 0.1) is 0 Å². The third-order valence-corrected chi connectivity index (χ3v) is 15.8. The molecule has 1 aliphatic rings. The lowest BCUT2D eigenvalue weighted by atomic mass is 9.67. The second-order valence-corrected chi connectivity index (χ2v) is 21.4. The molecule has 0 saturated carbocycles. The van der Waals surface area contributed by atoms with Gasteiger partial charge in [0.05, 0.1) is 16.4 Å². The van der Waals surface area contributed by atoms with E-state index in [-0.39, 0.29) is 5.41 Å². The highest BCUT2D eigenvalue weighted by atomic mass is 16.5. The number of anilines is 3. The summed E-state index contributed by atoms with van der Waals surface area (Å²) in [5.41, 5.74) is 21.4. The number of ether oxygens (including phenoxy) is 1. The van der Waals surface area contributed by atoms with Crippen molar-refractivity contribution < 1.29 is 4.74 Å². The normalized spacial score (nSPS) is 13.7. The lowest BCUT2D eigenvalue weighted by molar-refractivity contribution is 0.482. The minimum Gasteiger partial charge on any atom is -0.457 e. The van der Waals surface area contributed by atoms with Gasteiger partial charge in [0, 0.05) is 33.5 Å². The quantitative estimate of drug-likeness (QED) is 0.121. The fourth-order valence-electron chi connectivity index (χ4n) is 11.9. The maximum atomic E-state index is 6.47. The molecule has 78 heavy (non-hydrogen) atoms. The Morgan fingerprint density at radius 2 is 0.949 bits per heavy atom. The number of aromatic nitrogens is 1. The Labute approximate surface area is 458 Å². The molecule has 1 aromatic heterocycles. The van der Waals surface area contributed by atoms with Crippen LogP contribution in [0.3, 0.4) is 0 Å². The van der Waals surface area contributed by atoms with Crippen molar-refractivity contribution in [3.05, 3.63) is 313 Å². The fourth-order valence-corrected chi connectivity index (χ4v) is 11.9. The third kappa shape index (κ3) is 8.32. The molecule has 1 unspecified atom stereocenters. The van der Waals surface area contributed by atoms with Crippen LogP contribution in [0.15, 0.2) is 274 Å². The summed E-state index contributed by atoms with van der Waals surface area (Å²) in [5.74, 6) is 1.56. The smallest absolute Gasteiger partial charge is 0.127 e. The predicted octanol–water partition coefficient (Wildman–Crippen LogP) is 20.3. The van der Waals surface area contributed by atoms with Gasteiger partial charge >= 0.3 is 0 Å². The molecule has 0 amide bonds. The molecular weight excluding hydrogens is 945 g/mol. The second kappa shape index (κ2) is 19.5. The summed E-state index contributed by atoms with van der Waals surface area (Å²) in [6, 6.07) is 95.2. The van der Waals surface area contributed by atoms with Crippen LogP contribution in [-0.2, 0) is 10.8 Å². The zero-order valence-electron chi connectivity index (χ0n) is 44.2. The minimum atomic E-state index is -0.666. The number of rotatable bonds is 12. The lowest BCUT2D eigenvalue weighted by Crippen LogP contribution is -2.29. The molecule has 0 spiro atoms. The van der Waals surface area contributed by atoms with E-state index in [2.05, 4.69) is 280 Å². The van der Waals surface area contributed by atoms with E-state index in [1.807, 2.05) is 36.4 Å². The van der Waals surface area contributed by atoms with E-state index < -0.39 is 5.41 Å². The summed E-state index contributed by atoms with van der Waals surface area (Å²) in [6.07, 6.45) is 3.74. The first-order valence-electron chi connectivity index (χ1n) is 26.9. The molecule has 0 bridgehead atoms. The molecule has 0 saturated heterocycles. The van der Waals surface area contributed by atoms with Gasteiger partial charge in [0.15, 0.2) is 0 Å². The largest absolute Gasteiger partial charge is 0.457 e. The van der Waals surface area contributed by atoms with Gasteiger partial charge in [-0.1, -0.05) is 216 Å². The van der Waals surface area contributed by atoms with Crippen molar-refractivity contribution in [2.45, 2.75) is 31.6 Å². The van der Waals surface area contributed by atoms with Crippen molar-refractivity contribution >= 4 is 51.0 Å². The Morgan fingerprint density at radius 1 is 0.410 bits per heavy atom. The minimum absolute atomic E-state index is 0.0103. The standard InChI is InChI=1S/C75H58N2O/c1-6-51-24-37-61(38-25-51)77-72-23-14-12-21-68(72)69-49-56(30-47-73(69)77)54-28-39-60(40-29-54)76(62-19-15-18-55(48-62)53-16-9-8-10-17-53)63-41-46-67-66-20-11-13-22-70(66)75(71(67)50-63,58-33-31-57(32-34-58)74(3,4)5)59-35-44-65(45-36-59)78-64-42-26-52(7-2)27-43-64/h6-50H,1-2H2,3-5H3. The van der Waals surface area contributed by atoms with Crippen LogP contribution in [0.2, 0.25) is 0 Å². The van der Waals surface area contributed by atoms with Crippen LogP contribution in [-0.4, -0.2) is 4.57 Å². The van der Waals surface area contributed by atoms with Crippen LogP contribution in [0.4, 0.5) is 17.1 Å². The summed E-state index contributed by atoms with van der Waals surface area (Å²) >= 11 is 0. The monoisotopic (exact) mass is 1000 g/mol. The van der Waals surface area contributed by atoms with Crippen molar-refractivity contribution in [2.24, 2.45) is 0 Å². The predicted molar refractivity (Wildman–Crippen MR) is 329 cm³/mol. The van der Waals surface area contributed by atoms with Gasteiger partial charge in [-0.05, 0) is 169 Å². The zero-order chi connectivity index (χ0) is 53.0. The number of hydrogen-bond acceptors (Lipinski definition) is 2. The first-order valence-corrected chi connectivity index (χ1v) is 26.9. The van der Waals surface area contributed by atoms with Crippen molar-refractivity contribution in [1.29, 1.82) is 0 Å². The lowest BCUT2D eigenvalue weighted by Gasteiger charge is -2.35. The molecule has 13 rings (SSSR count). The summed E-state index contributed by atoms with van der Waals surface area (Å²) in [4.78, 5) is 2.43. The van der Waals surface area contributed by atoms with Crippen molar-refractivity contribution in [3.8, 4) is 50.6 Å². The molecule has 0 fully saturated rings. The highest BCUT2D eigenvalue weighted by molar-refractivity contribution is 6.10. The average Bonchev–Trinajstić information content (AvgIpc) is 4.11. The van der Waals surface area contributed by atoms with E-state index in [0.717, 1.165) is 67.6 Å². The summed E-state index contributed by atoms with van der Waals surface area (Å²) in [5, 5.41) is 2.44. The van der Waals surface area contributed by atoms with Crippen LogP contribution in [0.5, 0.6) is 11.5 Å². The molecule has 3 nitrogen and oxygen atoms in total. The van der Waals surface area contributed by atoms with Gasteiger partial charge in [-0.2, -0.15) is 0 Å². The van der Waals surface area contributed by atoms with Crippen LogP contribution >= 0.6 is 0 Å². The number of nitrogens with zero attached hydrogens (tertiary/aromatic N) is 2. The summed E-state index contributed by atoms with van der Waals surface area (Å²) in [6.45, 7) is 14.8. The maximum Gasteiger partial charge on any atom is 0.127 e. The van der Waals surface area contributed by atoms with E-state index in [4.69, 9.17) is 4.74 Å². The number of hydrogen-bond donors (Lipinski definition) is 0. The zero-order valence-corrected chi connectivity index (χ0v) is 44.2. The molecule has 3 heteroatoms. The van der Waals surface area contributed by atoms with Crippen molar-refractivity contribution in [3.63, 3.8) is 0 Å². The molecule has 11 aromatic carbocycles. The number of fused-ring (bicyclic) bond motifs is 6. The highest BCUT2D eigenvalue weighted by Gasteiger charge is 2.46. The molecule has 0 aliphatic heterocycles. The highest BCUT2D eigenvalue weighted by Crippen LogP contribution is 2.58. The Hall–Kier alpha value is -9.70. The molecule has 12 aromatic rings. The first kappa shape index (κ1) is 48.0. The SMILES string of the molecule is C=Cc1ccc(Oc2ccc(C3(c4ccc(C(C)(C)C)cc4)c4ccccc4-c4ccc(N(c5ccc(-c6ccc7c(c6)c6ccccc6n7-c6ccc(C=C)cc6)cc5)c5cccc(-c6ccccc6)c5)cc43)cc2)cc1. The topological polar surface area (TPSA) is 17.4 Å². The Kier molecular flexibility index (Phi) is 12.0. The van der Waals surface area contributed by atoms with Crippen LogP contribution in [0.25, 0.3) is 73.0 Å². The van der Waals surface area contributed by atoms with Crippen LogP contribution in [0.1, 0.15) is 59.7 Å². The van der Waals surface area contributed by atoms with E-state index in [9.17, 15) is 0 Å².